The Kier molecular flexibility index (Phi) is 9.89. The highest BCUT2D eigenvalue weighted by Crippen LogP contribution is 2.47. The molecule has 66 heavy (non-hydrogen) atoms. The summed E-state index contributed by atoms with van der Waals surface area (Å²) in [5.74, 6) is 0. The largest absolute Gasteiger partial charge is 0.455 e. The van der Waals surface area contributed by atoms with Gasteiger partial charge in [0.2, 0.25) is 0 Å². The fourth-order valence-electron chi connectivity index (χ4n) is 9.75. The van der Waals surface area contributed by atoms with Crippen molar-refractivity contribution in [2.45, 2.75) is 0 Å². The van der Waals surface area contributed by atoms with Crippen LogP contribution >= 0.6 is 0 Å². The fourth-order valence-corrected chi connectivity index (χ4v) is 9.75. The first-order valence-electron chi connectivity index (χ1n) is 22.6. The second-order valence-corrected chi connectivity index (χ2v) is 16.8. The normalized spacial score (nSPS) is 11.3. The molecule has 1 heterocycles. The lowest BCUT2D eigenvalue weighted by molar-refractivity contribution is 0.670. The Morgan fingerprint density at radius 1 is 0.258 bits per heavy atom. The van der Waals surface area contributed by atoms with E-state index >= 15 is 0 Å². The lowest BCUT2D eigenvalue weighted by atomic mass is 9.86. The average Bonchev–Trinajstić information content (AvgIpc) is 3.79. The third-order valence-electron chi connectivity index (χ3n) is 12.9. The molecule has 0 fully saturated rings. The number of benzene rings is 11. The summed E-state index contributed by atoms with van der Waals surface area (Å²) in [6.07, 6.45) is 0. The van der Waals surface area contributed by atoms with Crippen molar-refractivity contribution < 1.29 is 4.42 Å². The van der Waals surface area contributed by atoms with Crippen LogP contribution in [-0.2, 0) is 0 Å². The van der Waals surface area contributed by atoms with Crippen LogP contribution in [0.3, 0.4) is 0 Å². The maximum absolute atomic E-state index is 6.50. The monoisotopic (exact) mass is 841 g/mol. The summed E-state index contributed by atoms with van der Waals surface area (Å²) >= 11 is 0. The van der Waals surface area contributed by atoms with Crippen LogP contribution in [0.15, 0.2) is 265 Å². The lowest BCUT2D eigenvalue weighted by Crippen LogP contribution is -2.11. The summed E-state index contributed by atoms with van der Waals surface area (Å²) in [7, 11) is 0. The molecule has 1 aromatic heterocycles. The first-order valence-corrected chi connectivity index (χ1v) is 22.6. The summed E-state index contributed by atoms with van der Waals surface area (Å²) in [6, 6.07) is 93.9. The van der Waals surface area contributed by atoms with Crippen molar-refractivity contribution in [3.05, 3.63) is 261 Å². The first kappa shape index (κ1) is 38.9. The number of furan rings is 1. The maximum atomic E-state index is 6.50. The van der Waals surface area contributed by atoms with Gasteiger partial charge >= 0.3 is 0 Å². The topological polar surface area (TPSA) is 16.4 Å². The molecule has 0 saturated carbocycles. The Labute approximate surface area is 384 Å². The summed E-state index contributed by atoms with van der Waals surface area (Å²) < 4.78 is 6.50. The minimum atomic E-state index is 0.897. The molecule has 310 valence electrons. The van der Waals surface area contributed by atoms with Gasteiger partial charge in [0.25, 0.3) is 0 Å². The maximum Gasteiger partial charge on any atom is 0.143 e. The van der Waals surface area contributed by atoms with Gasteiger partial charge in [-0.3, -0.25) is 0 Å². The molecule has 0 N–H and O–H groups in total. The van der Waals surface area contributed by atoms with Gasteiger partial charge in [-0.25, -0.2) is 0 Å². The Bertz CT molecular complexity index is 3680. The fraction of sp³-hybridized carbons (Fsp3) is 0. The molecule has 0 bridgehead atoms. The Morgan fingerprint density at radius 2 is 0.742 bits per heavy atom. The zero-order valence-electron chi connectivity index (χ0n) is 36.2. The van der Waals surface area contributed by atoms with E-state index in [2.05, 4.69) is 254 Å². The number of anilines is 3. The molecule has 0 aliphatic carbocycles. The number of hydrogen-bond acceptors (Lipinski definition) is 2. The summed E-state index contributed by atoms with van der Waals surface area (Å²) in [5, 5.41) is 4.73. The van der Waals surface area contributed by atoms with Gasteiger partial charge < -0.3 is 9.32 Å². The predicted molar refractivity (Wildman–Crippen MR) is 279 cm³/mol. The molecule has 0 saturated heterocycles. The minimum absolute atomic E-state index is 0.897. The van der Waals surface area contributed by atoms with Crippen molar-refractivity contribution in [2.75, 3.05) is 4.90 Å². The van der Waals surface area contributed by atoms with Gasteiger partial charge in [0, 0.05) is 33.3 Å². The van der Waals surface area contributed by atoms with E-state index in [1.54, 1.807) is 0 Å². The van der Waals surface area contributed by atoms with Crippen molar-refractivity contribution in [3.8, 4) is 66.8 Å². The molecule has 11 aromatic carbocycles. The summed E-state index contributed by atoms with van der Waals surface area (Å²) in [4.78, 5) is 2.41. The van der Waals surface area contributed by atoms with Crippen LogP contribution < -0.4 is 4.90 Å². The highest BCUT2D eigenvalue weighted by atomic mass is 16.3. The molecule has 0 atom stereocenters. The Hall–Kier alpha value is -8.72. The highest BCUT2D eigenvalue weighted by molar-refractivity contribution is 6.09. The van der Waals surface area contributed by atoms with Crippen molar-refractivity contribution >= 4 is 49.8 Å². The number of nitrogens with zero attached hydrogens (tertiary/aromatic N) is 1. The van der Waals surface area contributed by atoms with Crippen LogP contribution in [-0.4, -0.2) is 0 Å². The molecule has 0 radical (unpaired) electrons. The van der Waals surface area contributed by atoms with Crippen molar-refractivity contribution in [3.63, 3.8) is 0 Å². The van der Waals surface area contributed by atoms with Gasteiger partial charge in [0.05, 0.1) is 5.69 Å². The molecule has 0 spiro atoms. The molecular formula is C64H43NO. The lowest BCUT2D eigenvalue weighted by Gasteiger charge is -2.29. The standard InChI is InChI=1S/C64H43NO/c1-3-17-44(18-4-1)49-37-42-57(61(43-49)56-25-10-9-24-54(56)45-19-5-2-6-20-45)58-26-11-13-31-62(58)65(50-38-33-47(34-39-50)53-28-15-22-46-21-7-8-23-52(46)53)51-40-35-48(36-41-51)55-29-16-30-60-59-27-12-14-32-63(59)66-64(55)60/h1-43H. The minimum Gasteiger partial charge on any atom is -0.455 e. The second-order valence-electron chi connectivity index (χ2n) is 16.8. The molecule has 12 aromatic rings. The zero-order valence-corrected chi connectivity index (χ0v) is 36.2. The van der Waals surface area contributed by atoms with Crippen LogP contribution in [0, 0.1) is 0 Å². The zero-order chi connectivity index (χ0) is 43.8. The van der Waals surface area contributed by atoms with Gasteiger partial charge in [-0.2, -0.15) is 0 Å². The second kappa shape index (κ2) is 16.8. The SMILES string of the molecule is c1ccc(-c2ccc(-c3ccccc3N(c3ccc(-c4cccc5ccccc45)cc3)c3ccc(-c4cccc5c4oc4ccccc45)cc3)c(-c3ccccc3-c3ccccc3)c2)cc1. The van der Waals surface area contributed by atoms with Crippen LogP contribution in [0.5, 0.6) is 0 Å². The number of hydrogen-bond donors (Lipinski definition) is 0. The van der Waals surface area contributed by atoms with E-state index in [0.29, 0.717) is 0 Å². The molecule has 2 heteroatoms. The third kappa shape index (κ3) is 7.02. The van der Waals surface area contributed by atoms with Gasteiger partial charge in [-0.15, -0.1) is 0 Å². The molecule has 0 aliphatic heterocycles. The van der Waals surface area contributed by atoms with Crippen molar-refractivity contribution in [1.29, 1.82) is 0 Å². The van der Waals surface area contributed by atoms with E-state index in [1.165, 1.54) is 55.3 Å². The van der Waals surface area contributed by atoms with E-state index in [4.69, 9.17) is 4.42 Å². The number of rotatable bonds is 9. The number of fused-ring (bicyclic) bond motifs is 4. The molecule has 12 rings (SSSR count). The molecule has 2 nitrogen and oxygen atoms in total. The summed E-state index contributed by atoms with van der Waals surface area (Å²) in [5.41, 5.74) is 18.9. The van der Waals surface area contributed by atoms with Crippen molar-refractivity contribution in [1.82, 2.24) is 0 Å². The van der Waals surface area contributed by atoms with E-state index in [-0.39, 0.29) is 0 Å². The van der Waals surface area contributed by atoms with E-state index in [9.17, 15) is 0 Å². The van der Waals surface area contributed by atoms with Crippen LogP contribution in [0.25, 0.3) is 99.5 Å². The highest BCUT2D eigenvalue weighted by Gasteiger charge is 2.22. The van der Waals surface area contributed by atoms with Gasteiger partial charge in [0.15, 0.2) is 0 Å². The summed E-state index contributed by atoms with van der Waals surface area (Å²) in [6.45, 7) is 0. The smallest absolute Gasteiger partial charge is 0.143 e. The van der Waals surface area contributed by atoms with E-state index < -0.39 is 0 Å². The van der Waals surface area contributed by atoms with Crippen LogP contribution in [0.4, 0.5) is 17.1 Å². The van der Waals surface area contributed by atoms with Crippen LogP contribution in [0.2, 0.25) is 0 Å². The van der Waals surface area contributed by atoms with Crippen LogP contribution in [0.1, 0.15) is 0 Å². The Balaban J connectivity index is 1.04. The predicted octanol–water partition coefficient (Wildman–Crippen LogP) is 18.2. The molecule has 0 aliphatic rings. The molecular weight excluding hydrogens is 799 g/mol. The number of para-hydroxylation sites is 3. The average molecular weight is 842 g/mol. The Morgan fingerprint density at radius 3 is 1.50 bits per heavy atom. The molecule has 0 unspecified atom stereocenters. The van der Waals surface area contributed by atoms with E-state index in [1.807, 2.05) is 12.1 Å². The van der Waals surface area contributed by atoms with E-state index in [0.717, 1.165) is 61.3 Å². The molecule has 0 amide bonds. The third-order valence-corrected chi connectivity index (χ3v) is 12.9. The van der Waals surface area contributed by atoms with Crippen molar-refractivity contribution in [2.24, 2.45) is 0 Å². The quantitative estimate of drug-likeness (QED) is 0.144. The first-order chi connectivity index (χ1) is 32.7. The van der Waals surface area contributed by atoms with Gasteiger partial charge in [-0.1, -0.05) is 218 Å². The van der Waals surface area contributed by atoms with Gasteiger partial charge in [0.1, 0.15) is 11.2 Å². The van der Waals surface area contributed by atoms with Gasteiger partial charge in [-0.05, 0) is 109 Å².